The number of carbonyl (C=O) groups is 1. The third kappa shape index (κ3) is 3.95. The number of amides is 1. The Hall–Kier alpha value is -3.35. The number of benzene rings is 1. The van der Waals surface area contributed by atoms with Crippen LogP contribution in [0.2, 0.25) is 0 Å². The Labute approximate surface area is 187 Å². The largest absolute Gasteiger partial charge is 0.336 e. The molecule has 5 rings (SSSR count). The van der Waals surface area contributed by atoms with Crippen LogP contribution in [0.4, 0.5) is 0 Å². The van der Waals surface area contributed by atoms with Crippen LogP contribution in [0.3, 0.4) is 0 Å². The van der Waals surface area contributed by atoms with Gasteiger partial charge in [-0.2, -0.15) is 5.10 Å². The van der Waals surface area contributed by atoms with E-state index in [4.69, 9.17) is 4.98 Å². The monoisotopic (exact) mass is 428 g/mol. The minimum Gasteiger partial charge on any atom is -0.336 e. The fourth-order valence-electron chi connectivity index (χ4n) is 4.62. The molecule has 0 bridgehead atoms. The van der Waals surface area contributed by atoms with Gasteiger partial charge in [0.15, 0.2) is 5.65 Å². The highest BCUT2D eigenvalue weighted by atomic mass is 16.2. The third-order valence-corrected chi connectivity index (χ3v) is 6.37. The Balaban J connectivity index is 1.47. The Kier molecular flexibility index (Phi) is 5.33. The number of aromatic nitrogens is 5. The predicted molar refractivity (Wildman–Crippen MR) is 125 cm³/mol. The Morgan fingerprint density at radius 1 is 1.12 bits per heavy atom. The SMILES string of the molecule is CC(C)N(CC1CCCC1)C(=O)c1ccc2ncc(-c3cnc4nn(C)cc4c3)nc2c1. The van der Waals surface area contributed by atoms with Crippen molar-refractivity contribution in [2.24, 2.45) is 13.0 Å². The van der Waals surface area contributed by atoms with E-state index >= 15 is 0 Å². The molecule has 0 radical (unpaired) electrons. The molecule has 32 heavy (non-hydrogen) atoms. The molecule has 7 heteroatoms. The minimum atomic E-state index is 0.0689. The predicted octanol–water partition coefficient (Wildman–Crippen LogP) is 4.62. The van der Waals surface area contributed by atoms with Crippen LogP contribution < -0.4 is 0 Å². The van der Waals surface area contributed by atoms with Crippen LogP contribution in [-0.2, 0) is 7.05 Å². The van der Waals surface area contributed by atoms with Gasteiger partial charge in [-0.25, -0.2) is 9.97 Å². The number of hydrogen-bond acceptors (Lipinski definition) is 5. The number of hydrogen-bond donors (Lipinski definition) is 0. The van der Waals surface area contributed by atoms with Gasteiger partial charge in [-0.15, -0.1) is 0 Å². The van der Waals surface area contributed by atoms with Crippen molar-refractivity contribution in [1.29, 1.82) is 0 Å². The summed E-state index contributed by atoms with van der Waals surface area (Å²) in [5, 5.41) is 5.28. The second kappa shape index (κ2) is 8.30. The highest BCUT2D eigenvalue weighted by molar-refractivity contribution is 5.97. The van der Waals surface area contributed by atoms with Gasteiger partial charge in [0.1, 0.15) is 0 Å². The molecule has 3 aromatic heterocycles. The first kappa shape index (κ1) is 20.5. The topological polar surface area (TPSA) is 76.8 Å². The van der Waals surface area contributed by atoms with Gasteiger partial charge < -0.3 is 4.90 Å². The Morgan fingerprint density at radius 2 is 1.94 bits per heavy atom. The van der Waals surface area contributed by atoms with Crippen LogP contribution in [0, 0.1) is 5.92 Å². The van der Waals surface area contributed by atoms with Crippen LogP contribution in [0.1, 0.15) is 49.9 Å². The van der Waals surface area contributed by atoms with E-state index in [1.54, 1.807) is 17.1 Å². The van der Waals surface area contributed by atoms with Gasteiger partial charge >= 0.3 is 0 Å². The zero-order chi connectivity index (χ0) is 22.2. The van der Waals surface area contributed by atoms with Gasteiger partial charge in [0, 0.05) is 48.5 Å². The molecule has 0 atom stereocenters. The molecule has 1 fully saturated rings. The lowest BCUT2D eigenvalue weighted by Crippen LogP contribution is -2.40. The maximum atomic E-state index is 13.4. The summed E-state index contributed by atoms with van der Waals surface area (Å²) in [6, 6.07) is 7.80. The summed E-state index contributed by atoms with van der Waals surface area (Å²) in [6.07, 6.45) is 10.4. The summed E-state index contributed by atoms with van der Waals surface area (Å²) in [5.41, 5.74) is 4.45. The van der Waals surface area contributed by atoms with Crippen LogP contribution in [0.5, 0.6) is 0 Å². The molecule has 1 saturated carbocycles. The maximum absolute atomic E-state index is 13.4. The van der Waals surface area contributed by atoms with E-state index in [9.17, 15) is 4.79 Å². The number of pyridine rings is 1. The lowest BCUT2D eigenvalue weighted by atomic mass is 10.1. The van der Waals surface area contributed by atoms with Gasteiger partial charge in [-0.05, 0) is 56.9 Å². The third-order valence-electron chi connectivity index (χ3n) is 6.37. The lowest BCUT2D eigenvalue weighted by Gasteiger charge is -2.29. The first-order valence-electron chi connectivity index (χ1n) is 11.4. The van der Waals surface area contributed by atoms with Gasteiger partial charge in [-0.3, -0.25) is 14.5 Å². The summed E-state index contributed by atoms with van der Waals surface area (Å²) in [6.45, 7) is 5.01. The molecule has 0 spiro atoms. The highest BCUT2D eigenvalue weighted by Gasteiger charge is 2.25. The smallest absolute Gasteiger partial charge is 0.254 e. The first-order valence-corrected chi connectivity index (χ1v) is 11.4. The van der Waals surface area contributed by atoms with Crippen LogP contribution >= 0.6 is 0 Å². The fraction of sp³-hybridized carbons (Fsp3) is 0.400. The van der Waals surface area contributed by atoms with Crippen molar-refractivity contribution in [3.8, 4) is 11.3 Å². The zero-order valence-electron chi connectivity index (χ0n) is 18.8. The summed E-state index contributed by atoms with van der Waals surface area (Å²) in [7, 11) is 1.88. The molecule has 4 aromatic rings. The molecule has 3 heterocycles. The quantitative estimate of drug-likeness (QED) is 0.464. The number of aryl methyl sites for hydroxylation is 1. The van der Waals surface area contributed by atoms with Crippen LogP contribution in [-0.4, -0.2) is 48.1 Å². The van der Waals surface area contributed by atoms with Gasteiger partial charge in [-0.1, -0.05) is 12.8 Å². The van der Waals surface area contributed by atoms with Crippen molar-refractivity contribution in [3.05, 3.63) is 48.4 Å². The average molecular weight is 429 g/mol. The first-order chi connectivity index (χ1) is 15.5. The minimum absolute atomic E-state index is 0.0689. The van der Waals surface area contributed by atoms with Crippen molar-refractivity contribution in [2.75, 3.05) is 6.54 Å². The number of carbonyl (C=O) groups excluding carboxylic acids is 1. The number of fused-ring (bicyclic) bond motifs is 2. The summed E-state index contributed by atoms with van der Waals surface area (Å²) in [5.74, 6) is 0.683. The highest BCUT2D eigenvalue weighted by Crippen LogP contribution is 2.27. The Morgan fingerprint density at radius 3 is 2.72 bits per heavy atom. The van der Waals surface area contributed by atoms with E-state index in [-0.39, 0.29) is 11.9 Å². The molecule has 0 saturated heterocycles. The zero-order valence-corrected chi connectivity index (χ0v) is 18.8. The summed E-state index contributed by atoms with van der Waals surface area (Å²) < 4.78 is 1.75. The van der Waals surface area contributed by atoms with Crippen LogP contribution in [0.25, 0.3) is 33.3 Å². The van der Waals surface area contributed by atoms with Gasteiger partial charge in [0.2, 0.25) is 0 Å². The molecule has 7 nitrogen and oxygen atoms in total. The molecule has 1 aliphatic carbocycles. The molecule has 1 aliphatic rings. The van der Waals surface area contributed by atoms with Gasteiger partial charge in [0.05, 0.1) is 22.9 Å². The van der Waals surface area contributed by atoms with E-state index in [1.807, 2.05) is 42.4 Å². The molecule has 164 valence electrons. The number of rotatable bonds is 5. The summed E-state index contributed by atoms with van der Waals surface area (Å²) >= 11 is 0. The van der Waals surface area contributed by atoms with Crippen LogP contribution in [0.15, 0.2) is 42.9 Å². The van der Waals surface area contributed by atoms with Crippen molar-refractivity contribution >= 4 is 28.0 Å². The molecule has 0 aliphatic heterocycles. The Bertz CT molecular complexity index is 1290. The van der Waals surface area contributed by atoms with Crippen molar-refractivity contribution in [1.82, 2.24) is 29.6 Å². The van der Waals surface area contributed by atoms with E-state index < -0.39 is 0 Å². The lowest BCUT2D eigenvalue weighted by molar-refractivity contribution is 0.0673. The van der Waals surface area contributed by atoms with E-state index in [0.29, 0.717) is 22.6 Å². The number of nitrogens with zero attached hydrogens (tertiary/aromatic N) is 6. The summed E-state index contributed by atoms with van der Waals surface area (Å²) in [4.78, 5) is 29.2. The van der Waals surface area contributed by atoms with E-state index in [2.05, 4.69) is 28.9 Å². The molecule has 1 amide bonds. The van der Waals surface area contributed by atoms with Gasteiger partial charge in [0.25, 0.3) is 5.91 Å². The van der Waals surface area contributed by atoms with E-state index in [0.717, 1.165) is 28.7 Å². The molecule has 1 aromatic carbocycles. The van der Waals surface area contributed by atoms with E-state index in [1.165, 1.54) is 25.7 Å². The average Bonchev–Trinajstić information content (AvgIpc) is 3.44. The molecule has 0 N–H and O–H groups in total. The normalized spacial score (nSPS) is 14.6. The van der Waals surface area contributed by atoms with Crippen molar-refractivity contribution in [3.63, 3.8) is 0 Å². The maximum Gasteiger partial charge on any atom is 0.254 e. The molecular weight excluding hydrogens is 400 g/mol. The molecule has 0 unspecified atom stereocenters. The standard InChI is InChI=1S/C25H28N6O/c1-16(2)31(14-17-6-4-5-7-17)25(32)18-8-9-21-22(11-18)28-23(13-26-21)19-10-20-15-30(3)29-24(20)27-12-19/h8-13,15-17H,4-7,14H2,1-3H3. The van der Waals surface area contributed by atoms with Crippen molar-refractivity contribution in [2.45, 2.75) is 45.6 Å². The van der Waals surface area contributed by atoms with Crippen molar-refractivity contribution < 1.29 is 4.79 Å². The molecular formula is C25H28N6O. The second-order valence-corrected chi connectivity index (χ2v) is 9.10. The fourth-order valence-corrected chi connectivity index (χ4v) is 4.62. The second-order valence-electron chi connectivity index (χ2n) is 9.10.